The van der Waals surface area contributed by atoms with Gasteiger partial charge in [-0.3, -0.25) is 9.80 Å². The molecule has 2 rings (SSSR count). The smallest absolute Gasteiger partial charge is 0.0558 e. The topological polar surface area (TPSA) is 26.7 Å². The van der Waals surface area contributed by atoms with Gasteiger partial charge in [-0.15, -0.1) is 0 Å². The Morgan fingerprint density at radius 1 is 1.27 bits per heavy atom. The van der Waals surface area contributed by atoms with Crippen LogP contribution in [0.1, 0.15) is 32.1 Å². The predicted octanol–water partition coefficient (Wildman–Crippen LogP) is 0.927. The van der Waals surface area contributed by atoms with Crippen LogP contribution in [0, 0.1) is 0 Å². The fourth-order valence-electron chi connectivity index (χ4n) is 3.07. The molecule has 0 aromatic rings. The summed E-state index contributed by atoms with van der Waals surface area (Å²) >= 11 is 0. The van der Waals surface area contributed by atoms with Crippen LogP contribution in [0.4, 0.5) is 0 Å². The molecule has 15 heavy (non-hydrogen) atoms. The van der Waals surface area contributed by atoms with E-state index >= 15 is 0 Å². The molecule has 0 bridgehead atoms. The third kappa shape index (κ3) is 2.71. The Bertz CT molecular complexity index is 192. The summed E-state index contributed by atoms with van der Waals surface area (Å²) < 4.78 is 0. The highest BCUT2D eigenvalue weighted by molar-refractivity contribution is 4.87. The SMILES string of the molecule is CN(CCO)C1CCN(C2CCCC2)C1. The van der Waals surface area contributed by atoms with Gasteiger partial charge in [0.25, 0.3) is 0 Å². The molecule has 1 N–H and O–H groups in total. The summed E-state index contributed by atoms with van der Waals surface area (Å²) in [5, 5.41) is 8.92. The van der Waals surface area contributed by atoms with Gasteiger partial charge in [0.05, 0.1) is 6.61 Å². The number of aliphatic hydroxyl groups excluding tert-OH is 1. The van der Waals surface area contributed by atoms with Crippen molar-refractivity contribution in [2.45, 2.75) is 44.2 Å². The molecule has 1 atom stereocenters. The number of hydrogen-bond donors (Lipinski definition) is 1. The lowest BCUT2D eigenvalue weighted by molar-refractivity contribution is 0.168. The van der Waals surface area contributed by atoms with Crippen molar-refractivity contribution in [1.29, 1.82) is 0 Å². The minimum absolute atomic E-state index is 0.288. The van der Waals surface area contributed by atoms with Crippen LogP contribution < -0.4 is 0 Å². The lowest BCUT2D eigenvalue weighted by Gasteiger charge is -2.26. The number of aliphatic hydroxyl groups is 1. The highest BCUT2D eigenvalue weighted by Gasteiger charge is 2.31. The van der Waals surface area contributed by atoms with Crippen LogP contribution in [0.2, 0.25) is 0 Å². The monoisotopic (exact) mass is 212 g/mol. The number of hydrogen-bond acceptors (Lipinski definition) is 3. The van der Waals surface area contributed by atoms with Crippen LogP contribution in [0.5, 0.6) is 0 Å². The maximum atomic E-state index is 8.92. The Hall–Kier alpha value is -0.120. The van der Waals surface area contributed by atoms with Crippen LogP contribution in [0.3, 0.4) is 0 Å². The molecular weight excluding hydrogens is 188 g/mol. The van der Waals surface area contributed by atoms with Crippen molar-refractivity contribution in [3.05, 3.63) is 0 Å². The van der Waals surface area contributed by atoms with Gasteiger partial charge in [0.2, 0.25) is 0 Å². The first-order valence-corrected chi connectivity index (χ1v) is 6.36. The van der Waals surface area contributed by atoms with Gasteiger partial charge in [-0.2, -0.15) is 0 Å². The fourth-order valence-corrected chi connectivity index (χ4v) is 3.07. The highest BCUT2D eigenvalue weighted by atomic mass is 16.3. The third-order valence-corrected chi connectivity index (χ3v) is 4.11. The summed E-state index contributed by atoms with van der Waals surface area (Å²) in [7, 11) is 2.14. The standard InChI is InChI=1S/C12H24N2O/c1-13(8-9-15)12-6-7-14(10-12)11-4-2-3-5-11/h11-12,15H,2-10H2,1H3. The summed E-state index contributed by atoms with van der Waals surface area (Å²) in [6, 6.07) is 1.55. The van der Waals surface area contributed by atoms with Crippen molar-refractivity contribution < 1.29 is 5.11 Å². The van der Waals surface area contributed by atoms with Gasteiger partial charge in [0.15, 0.2) is 0 Å². The van der Waals surface area contributed by atoms with E-state index in [0.717, 1.165) is 12.6 Å². The molecule has 0 spiro atoms. The zero-order valence-corrected chi connectivity index (χ0v) is 9.86. The second kappa shape index (κ2) is 5.28. The second-order valence-electron chi connectivity index (χ2n) is 5.08. The molecule has 3 nitrogen and oxygen atoms in total. The minimum atomic E-state index is 0.288. The largest absolute Gasteiger partial charge is 0.395 e. The average Bonchev–Trinajstić information content (AvgIpc) is 2.89. The van der Waals surface area contributed by atoms with Crippen LogP contribution in [-0.4, -0.2) is 60.3 Å². The molecule has 1 saturated heterocycles. The summed E-state index contributed by atoms with van der Waals surface area (Å²) in [5.74, 6) is 0. The lowest BCUT2D eigenvalue weighted by Crippen LogP contribution is -2.38. The molecule has 0 radical (unpaired) electrons. The molecule has 0 amide bonds. The molecule has 1 heterocycles. The van der Waals surface area contributed by atoms with Gasteiger partial charge < -0.3 is 5.11 Å². The summed E-state index contributed by atoms with van der Waals surface area (Å²) in [6.45, 7) is 3.60. The van der Waals surface area contributed by atoms with Crippen LogP contribution in [0.15, 0.2) is 0 Å². The molecule has 1 saturated carbocycles. The molecule has 2 fully saturated rings. The Morgan fingerprint density at radius 2 is 2.00 bits per heavy atom. The van der Waals surface area contributed by atoms with E-state index in [0.29, 0.717) is 6.04 Å². The molecule has 0 aromatic heterocycles. The maximum Gasteiger partial charge on any atom is 0.0558 e. The first-order valence-electron chi connectivity index (χ1n) is 6.36. The van der Waals surface area contributed by atoms with Gasteiger partial charge in [0, 0.05) is 31.7 Å². The van der Waals surface area contributed by atoms with Gasteiger partial charge in [-0.05, 0) is 26.3 Å². The minimum Gasteiger partial charge on any atom is -0.395 e. The molecule has 1 unspecified atom stereocenters. The van der Waals surface area contributed by atoms with Crippen molar-refractivity contribution >= 4 is 0 Å². The Balaban J connectivity index is 1.78. The van der Waals surface area contributed by atoms with Gasteiger partial charge in [0.1, 0.15) is 0 Å². The quantitative estimate of drug-likeness (QED) is 0.751. The number of nitrogens with zero attached hydrogens (tertiary/aromatic N) is 2. The van der Waals surface area contributed by atoms with E-state index in [4.69, 9.17) is 5.11 Å². The Kier molecular flexibility index (Phi) is 4.00. The van der Waals surface area contributed by atoms with Crippen LogP contribution >= 0.6 is 0 Å². The zero-order chi connectivity index (χ0) is 10.7. The van der Waals surface area contributed by atoms with E-state index in [1.54, 1.807) is 0 Å². The molecule has 1 aliphatic heterocycles. The van der Waals surface area contributed by atoms with Gasteiger partial charge >= 0.3 is 0 Å². The van der Waals surface area contributed by atoms with E-state index in [1.807, 2.05) is 0 Å². The average molecular weight is 212 g/mol. The molecule has 3 heteroatoms. The first-order chi connectivity index (χ1) is 7.31. The lowest BCUT2D eigenvalue weighted by atomic mass is 10.2. The van der Waals surface area contributed by atoms with Crippen molar-refractivity contribution in [3.63, 3.8) is 0 Å². The summed E-state index contributed by atoms with van der Waals surface area (Å²) in [5.41, 5.74) is 0. The predicted molar refractivity (Wildman–Crippen MR) is 61.9 cm³/mol. The van der Waals surface area contributed by atoms with E-state index in [-0.39, 0.29) is 6.61 Å². The number of likely N-dealkylation sites (tertiary alicyclic amines) is 1. The third-order valence-electron chi connectivity index (χ3n) is 4.11. The van der Waals surface area contributed by atoms with Gasteiger partial charge in [-0.25, -0.2) is 0 Å². The fraction of sp³-hybridized carbons (Fsp3) is 1.00. The molecule has 0 aromatic carbocycles. The van der Waals surface area contributed by atoms with Crippen molar-refractivity contribution in [2.75, 3.05) is 33.3 Å². The molecular formula is C12H24N2O. The van der Waals surface area contributed by atoms with Crippen LogP contribution in [0.25, 0.3) is 0 Å². The molecule has 2 aliphatic rings. The van der Waals surface area contributed by atoms with Crippen molar-refractivity contribution in [1.82, 2.24) is 9.80 Å². The first kappa shape index (κ1) is 11.4. The van der Waals surface area contributed by atoms with E-state index in [2.05, 4.69) is 16.8 Å². The second-order valence-corrected chi connectivity index (χ2v) is 5.08. The zero-order valence-electron chi connectivity index (χ0n) is 9.86. The van der Waals surface area contributed by atoms with Gasteiger partial charge in [-0.1, -0.05) is 12.8 Å². The molecule has 1 aliphatic carbocycles. The van der Waals surface area contributed by atoms with Crippen molar-refractivity contribution in [3.8, 4) is 0 Å². The van der Waals surface area contributed by atoms with E-state index in [9.17, 15) is 0 Å². The summed E-state index contributed by atoms with van der Waals surface area (Å²) in [4.78, 5) is 4.99. The van der Waals surface area contributed by atoms with E-state index < -0.39 is 0 Å². The Morgan fingerprint density at radius 3 is 2.67 bits per heavy atom. The highest BCUT2D eigenvalue weighted by Crippen LogP contribution is 2.27. The Labute approximate surface area is 93.1 Å². The van der Waals surface area contributed by atoms with Crippen molar-refractivity contribution in [2.24, 2.45) is 0 Å². The maximum absolute atomic E-state index is 8.92. The van der Waals surface area contributed by atoms with E-state index in [1.165, 1.54) is 45.2 Å². The molecule has 88 valence electrons. The summed E-state index contributed by atoms with van der Waals surface area (Å²) in [6.07, 6.45) is 6.97. The normalized spacial score (nSPS) is 29.4. The number of likely N-dealkylation sites (N-methyl/N-ethyl adjacent to an activating group) is 1. The van der Waals surface area contributed by atoms with Crippen LogP contribution in [-0.2, 0) is 0 Å². The number of rotatable bonds is 4.